The zero-order valence-corrected chi connectivity index (χ0v) is 21.6. The molecular weight excluding hydrogens is 486 g/mol. The fourth-order valence-electron chi connectivity index (χ4n) is 3.61. The van der Waals surface area contributed by atoms with Crippen LogP contribution in [0.2, 0.25) is 0 Å². The topological polar surface area (TPSA) is 132 Å². The van der Waals surface area contributed by atoms with Crippen LogP contribution in [0.4, 0.5) is 5.69 Å². The summed E-state index contributed by atoms with van der Waals surface area (Å²) in [4.78, 5) is 49.4. The highest BCUT2D eigenvalue weighted by molar-refractivity contribution is 5.73. The number of ether oxygens (including phenoxy) is 1. The Balaban J connectivity index is 1.75. The van der Waals surface area contributed by atoms with Crippen molar-refractivity contribution in [1.82, 2.24) is 19.1 Å². The summed E-state index contributed by atoms with van der Waals surface area (Å²) in [6, 6.07) is 18.1. The molecule has 0 aliphatic carbocycles. The quantitative estimate of drug-likeness (QED) is 0.369. The lowest BCUT2D eigenvalue weighted by molar-refractivity contribution is -0.147. The summed E-state index contributed by atoms with van der Waals surface area (Å²) in [6.45, 7) is 6.64. The van der Waals surface area contributed by atoms with Crippen molar-refractivity contribution in [2.45, 2.75) is 40.8 Å². The zero-order chi connectivity index (χ0) is 27.4. The van der Waals surface area contributed by atoms with E-state index >= 15 is 0 Å². The Morgan fingerprint density at radius 3 is 2.24 bits per heavy atom. The van der Waals surface area contributed by atoms with Gasteiger partial charge in [-0.1, -0.05) is 35.9 Å². The van der Waals surface area contributed by atoms with Gasteiger partial charge in [-0.05, 0) is 63.1 Å². The lowest BCUT2D eigenvalue weighted by atomic mass is 9.94. The van der Waals surface area contributed by atoms with Crippen molar-refractivity contribution in [2.75, 3.05) is 0 Å². The molecule has 2 aromatic heterocycles. The van der Waals surface area contributed by atoms with E-state index in [0.717, 1.165) is 21.3 Å². The van der Waals surface area contributed by atoms with Gasteiger partial charge < -0.3 is 9.84 Å². The molecule has 2 N–H and O–H groups in total. The number of carboxylic acids is 1. The second kappa shape index (κ2) is 10.7. The van der Waals surface area contributed by atoms with E-state index in [1.165, 1.54) is 18.4 Å². The SMILES string of the molecule is Cc1ccc(Cn2c(=O)n(CC(C)(C)C(=O)O)c(=O)[nH]/c2=N\c2ccc(Oc3ccc(C)cn3)cc2)cc1. The molecule has 0 fully saturated rings. The van der Waals surface area contributed by atoms with Crippen molar-refractivity contribution < 1.29 is 14.6 Å². The molecule has 4 aromatic rings. The number of carboxylic acid groups (broad SMARTS) is 1. The van der Waals surface area contributed by atoms with Crippen molar-refractivity contribution in [2.24, 2.45) is 10.4 Å². The molecule has 196 valence electrons. The third-order valence-electron chi connectivity index (χ3n) is 5.95. The van der Waals surface area contributed by atoms with Crippen LogP contribution in [0.5, 0.6) is 11.6 Å². The van der Waals surface area contributed by atoms with Crippen molar-refractivity contribution in [3.8, 4) is 11.6 Å². The number of nitrogens with one attached hydrogen (secondary N) is 1. The van der Waals surface area contributed by atoms with Crippen LogP contribution in [0.3, 0.4) is 0 Å². The Labute approximate surface area is 218 Å². The Morgan fingerprint density at radius 1 is 0.974 bits per heavy atom. The number of carbonyl (C=O) groups is 1. The standard InChI is InChI=1S/C28H29N5O5/c1-18-5-8-20(9-6-18)16-32-25(31-26(36)33(27(32)37)17-28(3,4)24(34)35)30-21-10-12-22(13-11-21)38-23-14-7-19(2)15-29-23/h5-15H,16-17H2,1-4H3,(H,34,35)(H,30,31,36). The summed E-state index contributed by atoms with van der Waals surface area (Å²) < 4.78 is 7.97. The molecule has 0 aliphatic heterocycles. The average Bonchev–Trinajstić information content (AvgIpc) is 2.88. The van der Waals surface area contributed by atoms with Crippen molar-refractivity contribution in [1.29, 1.82) is 0 Å². The molecule has 0 amide bonds. The van der Waals surface area contributed by atoms with E-state index in [2.05, 4.69) is 15.0 Å². The molecule has 0 saturated carbocycles. The average molecular weight is 516 g/mol. The van der Waals surface area contributed by atoms with Gasteiger partial charge >= 0.3 is 17.3 Å². The number of aromatic nitrogens is 4. The number of pyridine rings is 1. The zero-order valence-electron chi connectivity index (χ0n) is 21.6. The summed E-state index contributed by atoms with van der Waals surface area (Å²) in [5.74, 6) is -0.119. The molecule has 0 atom stereocenters. The number of benzene rings is 2. The smallest absolute Gasteiger partial charge is 0.335 e. The number of H-pyrrole nitrogens is 1. The Kier molecular flexibility index (Phi) is 7.43. The number of aliphatic carboxylic acids is 1. The van der Waals surface area contributed by atoms with Crippen molar-refractivity contribution >= 4 is 11.7 Å². The first-order chi connectivity index (χ1) is 18.0. The number of aromatic amines is 1. The number of aryl methyl sites for hydroxylation is 2. The van der Waals surface area contributed by atoms with E-state index in [1.54, 1.807) is 36.5 Å². The molecule has 2 heterocycles. The summed E-state index contributed by atoms with van der Waals surface area (Å²) >= 11 is 0. The molecule has 10 nitrogen and oxygen atoms in total. The molecular formula is C28H29N5O5. The highest BCUT2D eigenvalue weighted by Crippen LogP contribution is 2.22. The largest absolute Gasteiger partial charge is 0.481 e. The van der Waals surface area contributed by atoms with E-state index < -0.39 is 22.8 Å². The van der Waals surface area contributed by atoms with E-state index in [-0.39, 0.29) is 18.7 Å². The monoisotopic (exact) mass is 515 g/mol. The van der Waals surface area contributed by atoms with E-state index in [9.17, 15) is 19.5 Å². The van der Waals surface area contributed by atoms with Gasteiger partial charge in [0.05, 0.1) is 17.6 Å². The van der Waals surface area contributed by atoms with Crippen LogP contribution in [-0.2, 0) is 17.9 Å². The summed E-state index contributed by atoms with van der Waals surface area (Å²) in [5, 5.41) is 9.52. The van der Waals surface area contributed by atoms with E-state index in [4.69, 9.17) is 4.74 Å². The van der Waals surface area contributed by atoms with Gasteiger partial charge in [0, 0.05) is 18.8 Å². The molecule has 2 aromatic carbocycles. The van der Waals surface area contributed by atoms with Crippen LogP contribution in [-0.4, -0.2) is 30.2 Å². The molecule has 0 radical (unpaired) electrons. The van der Waals surface area contributed by atoms with Gasteiger partial charge in [-0.2, -0.15) is 0 Å². The van der Waals surface area contributed by atoms with Crippen LogP contribution < -0.4 is 21.7 Å². The van der Waals surface area contributed by atoms with Gasteiger partial charge in [-0.3, -0.25) is 14.3 Å². The highest BCUT2D eigenvalue weighted by atomic mass is 16.5. The summed E-state index contributed by atoms with van der Waals surface area (Å²) in [6.07, 6.45) is 1.71. The minimum Gasteiger partial charge on any atom is -0.481 e. The van der Waals surface area contributed by atoms with Crippen molar-refractivity contribution in [3.63, 3.8) is 0 Å². The predicted octanol–water partition coefficient (Wildman–Crippen LogP) is 3.53. The fraction of sp³-hybridized carbons (Fsp3) is 0.250. The third kappa shape index (κ3) is 6.15. The summed E-state index contributed by atoms with van der Waals surface area (Å²) in [5.41, 5.74) is 0.686. The molecule has 0 bridgehead atoms. The van der Waals surface area contributed by atoms with Crippen LogP contribution >= 0.6 is 0 Å². The second-order valence-electron chi connectivity index (χ2n) is 9.76. The lowest BCUT2D eigenvalue weighted by Gasteiger charge is -2.20. The normalized spacial score (nSPS) is 11.9. The van der Waals surface area contributed by atoms with E-state index in [1.807, 2.05) is 44.2 Å². The number of nitrogens with zero attached hydrogens (tertiary/aromatic N) is 4. The van der Waals surface area contributed by atoms with Crippen LogP contribution in [0.15, 0.2) is 81.4 Å². The van der Waals surface area contributed by atoms with Gasteiger partial charge in [-0.25, -0.2) is 24.1 Å². The minimum atomic E-state index is -1.33. The first-order valence-corrected chi connectivity index (χ1v) is 12.0. The minimum absolute atomic E-state index is 0.0406. The Morgan fingerprint density at radius 2 is 1.63 bits per heavy atom. The van der Waals surface area contributed by atoms with Crippen LogP contribution in [0, 0.1) is 19.3 Å². The maximum atomic E-state index is 13.5. The van der Waals surface area contributed by atoms with E-state index in [0.29, 0.717) is 17.3 Å². The third-order valence-corrected chi connectivity index (χ3v) is 5.95. The number of rotatable bonds is 8. The Bertz CT molecular complexity index is 1630. The molecule has 10 heteroatoms. The maximum absolute atomic E-state index is 13.5. The van der Waals surface area contributed by atoms with Crippen molar-refractivity contribution in [3.05, 3.63) is 110 Å². The highest BCUT2D eigenvalue weighted by Gasteiger charge is 2.29. The molecule has 4 rings (SSSR count). The first kappa shape index (κ1) is 26.3. The van der Waals surface area contributed by atoms with Gasteiger partial charge in [-0.15, -0.1) is 0 Å². The second-order valence-corrected chi connectivity index (χ2v) is 9.76. The Hall–Kier alpha value is -4.73. The molecule has 0 aliphatic rings. The van der Waals surface area contributed by atoms with Gasteiger partial charge in [0.1, 0.15) is 5.75 Å². The molecule has 0 unspecified atom stereocenters. The lowest BCUT2D eigenvalue weighted by Crippen LogP contribution is -2.52. The van der Waals surface area contributed by atoms with Gasteiger partial charge in [0.25, 0.3) is 0 Å². The van der Waals surface area contributed by atoms with Gasteiger partial charge in [0.2, 0.25) is 11.5 Å². The molecule has 38 heavy (non-hydrogen) atoms. The van der Waals surface area contributed by atoms with Crippen LogP contribution in [0.25, 0.3) is 0 Å². The number of hydrogen-bond acceptors (Lipinski definition) is 6. The maximum Gasteiger partial charge on any atom is 0.335 e. The predicted molar refractivity (Wildman–Crippen MR) is 142 cm³/mol. The van der Waals surface area contributed by atoms with Gasteiger partial charge in [0.15, 0.2) is 0 Å². The molecule has 0 spiro atoms. The first-order valence-electron chi connectivity index (χ1n) is 12.0. The molecule has 0 saturated heterocycles. The summed E-state index contributed by atoms with van der Waals surface area (Å²) in [7, 11) is 0. The fourth-order valence-corrected chi connectivity index (χ4v) is 3.61. The number of hydrogen-bond donors (Lipinski definition) is 2. The van der Waals surface area contributed by atoms with Crippen LogP contribution in [0.1, 0.15) is 30.5 Å².